The molecule has 2 bridgehead atoms. The van der Waals surface area contributed by atoms with Gasteiger partial charge >= 0.3 is 0 Å². The lowest BCUT2D eigenvalue weighted by molar-refractivity contribution is 0.0933. The molecule has 0 aliphatic heterocycles. The number of carbonyl (C=O) groups excluding carboxylic acids is 1. The average molecular weight is 311 g/mol. The number of fused-ring (bicyclic) bond motifs is 2. The predicted molar refractivity (Wildman–Crippen MR) is 73.5 cm³/mol. The molecule has 0 saturated heterocycles. The van der Waals surface area contributed by atoms with Crippen molar-refractivity contribution in [3.8, 4) is 0 Å². The molecule has 2 aliphatic carbocycles. The van der Waals surface area contributed by atoms with Gasteiger partial charge in [-0.05, 0) is 59.9 Å². The van der Waals surface area contributed by atoms with Crippen molar-refractivity contribution in [1.82, 2.24) is 9.78 Å². The van der Waals surface area contributed by atoms with E-state index in [9.17, 15) is 4.79 Å². The number of Topliss-reactive ketones (excluding diaryl/α,β-unsaturated/α-hetero) is 1. The second kappa shape index (κ2) is 4.80. The van der Waals surface area contributed by atoms with Crippen molar-refractivity contribution in [3.05, 3.63) is 16.4 Å². The van der Waals surface area contributed by atoms with E-state index in [1.54, 1.807) is 10.9 Å². The Morgan fingerprint density at radius 2 is 2.33 bits per heavy atom. The van der Waals surface area contributed by atoms with Crippen LogP contribution in [0, 0.1) is 17.8 Å². The lowest BCUT2D eigenvalue weighted by atomic mass is 9.85. The monoisotopic (exact) mass is 310 g/mol. The molecule has 3 nitrogen and oxygen atoms in total. The van der Waals surface area contributed by atoms with Crippen LogP contribution in [0.2, 0.25) is 0 Å². The zero-order valence-corrected chi connectivity index (χ0v) is 12.3. The van der Waals surface area contributed by atoms with Gasteiger partial charge < -0.3 is 0 Å². The Morgan fingerprint density at radius 1 is 1.50 bits per heavy atom. The van der Waals surface area contributed by atoms with Crippen LogP contribution < -0.4 is 0 Å². The van der Waals surface area contributed by atoms with Gasteiger partial charge in [-0.2, -0.15) is 5.10 Å². The molecule has 1 aromatic heterocycles. The van der Waals surface area contributed by atoms with E-state index in [1.807, 2.05) is 6.92 Å². The summed E-state index contributed by atoms with van der Waals surface area (Å²) in [7, 11) is 0. The van der Waals surface area contributed by atoms with Crippen LogP contribution in [0.15, 0.2) is 10.7 Å². The van der Waals surface area contributed by atoms with Gasteiger partial charge in [0.2, 0.25) is 0 Å². The van der Waals surface area contributed by atoms with Gasteiger partial charge in [0.25, 0.3) is 0 Å². The maximum atomic E-state index is 12.4. The minimum absolute atomic E-state index is 0.263. The fraction of sp³-hybridized carbons (Fsp3) is 0.714. The van der Waals surface area contributed by atoms with Gasteiger partial charge in [-0.1, -0.05) is 6.42 Å². The van der Waals surface area contributed by atoms with Crippen molar-refractivity contribution in [1.29, 1.82) is 0 Å². The van der Waals surface area contributed by atoms with E-state index < -0.39 is 0 Å². The van der Waals surface area contributed by atoms with Crippen LogP contribution in [0.1, 0.15) is 49.5 Å². The van der Waals surface area contributed by atoms with Gasteiger partial charge in [0.05, 0.1) is 10.7 Å². The molecule has 2 fully saturated rings. The number of halogens is 1. The number of hydrogen-bond donors (Lipinski definition) is 0. The molecule has 3 atom stereocenters. The third kappa shape index (κ3) is 2.04. The molecule has 3 rings (SSSR count). The third-order valence-electron chi connectivity index (χ3n) is 4.69. The van der Waals surface area contributed by atoms with Gasteiger partial charge in [0.15, 0.2) is 5.78 Å². The normalized spacial score (nSPS) is 30.0. The summed E-state index contributed by atoms with van der Waals surface area (Å²) in [4.78, 5) is 12.4. The number of carbonyl (C=O) groups is 1. The SMILES string of the molecule is CCn1ncc(Br)c1C(=O)CC1CC2CCC1C2. The van der Waals surface area contributed by atoms with E-state index in [0.29, 0.717) is 12.3 Å². The van der Waals surface area contributed by atoms with Crippen LogP contribution in [-0.2, 0) is 6.54 Å². The molecule has 0 spiro atoms. The molecule has 3 unspecified atom stereocenters. The molecule has 2 aliphatic rings. The minimum atomic E-state index is 0.263. The summed E-state index contributed by atoms with van der Waals surface area (Å²) in [5, 5.41) is 4.23. The van der Waals surface area contributed by atoms with Gasteiger partial charge in [-0.15, -0.1) is 0 Å². The Kier molecular flexibility index (Phi) is 3.31. The highest BCUT2D eigenvalue weighted by atomic mass is 79.9. The first-order valence-corrected chi connectivity index (χ1v) is 7.72. The molecular formula is C14H19BrN2O. The van der Waals surface area contributed by atoms with Gasteiger partial charge in [-0.25, -0.2) is 0 Å². The summed E-state index contributed by atoms with van der Waals surface area (Å²) in [6.45, 7) is 2.77. The fourth-order valence-corrected chi connectivity index (χ4v) is 4.36. The van der Waals surface area contributed by atoms with E-state index in [0.717, 1.165) is 28.5 Å². The second-order valence-corrected chi connectivity index (χ2v) is 6.57. The Hall–Kier alpha value is -0.640. The summed E-state index contributed by atoms with van der Waals surface area (Å²) in [6, 6.07) is 0. The summed E-state index contributed by atoms with van der Waals surface area (Å²) in [5.41, 5.74) is 0.764. The largest absolute Gasteiger partial charge is 0.292 e. The maximum Gasteiger partial charge on any atom is 0.182 e. The average Bonchev–Trinajstić information content (AvgIpc) is 3.03. The quantitative estimate of drug-likeness (QED) is 0.795. The number of hydrogen-bond acceptors (Lipinski definition) is 2. The molecule has 0 amide bonds. The second-order valence-electron chi connectivity index (χ2n) is 5.72. The maximum absolute atomic E-state index is 12.4. The van der Waals surface area contributed by atoms with E-state index in [2.05, 4.69) is 21.0 Å². The van der Waals surface area contributed by atoms with E-state index in [-0.39, 0.29) is 5.78 Å². The highest BCUT2D eigenvalue weighted by Gasteiger charge is 2.40. The predicted octanol–water partition coefficient (Wildman–Crippen LogP) is 3.67. The first-order chi connectivity index (χ1) is 8.69. The van der Waals surface area contributed by atoms with Crippen LogP contribution in [0.25, 0.3) is 0 Å². The van der Waals surface area contributed by atoms with Crippen LogP contribution in [0.4, 0.5) is 0 Å². The zero-order valence-electron chi connectivity index (χ0n) is 10.7. The summed E-state index contributed by atoms with van der Waals surface area (Å²) >= 11 is 3.44. The summed E-state index contributed by atoms with van der Waals surface area (Å²) in [5.74, 6) is 2.62. The number of aryl methyl sites for hydroxylation is 1. The molecule has 18 heavy (non-hydrogen) atoms. The minimum Gasteiger partial charge on any atom is -0.292 e. The molecule has 0 N–H and O–H groups in total. The van der Waals surface area contributed by atoms with Crippen molar-refractivity contribution in [2.75, 3.05) is 0 Å². The van der Waals surface area contributed by atoms with E-state index >= 15 is 0 Å². The van der Waals surface area contributed by atoms with Crippen LogP contribution in [-0.4, -0.2) is 15.6 Å². The molecule has 4 heteroatoms. The Morgan fingerprint density at radius 3 is 2.94 bits per heavy atom. The number of ketones is 1. The molecule has 0 aromatic carbocycles. The number of nitrogens with zero attached hydrogens (tertiary/aromatic N) is 2. The van der Waals surface area contributed by atoms with Crippen molar-refractivity contribution < 1.29 is 4.79 Å². The third-order valence-corrected chi connectivity index (χ3v) is 5.27. The van der Waals surface area contributed by atoms with E-state index in [4.69, 9.17) is 0 Å². The molecule has 0 radical (unpaired) electrons. The van der Waals surface area contributed by atoms with Gasteiger partial charge in [0, 0.05) is 13.0 Å². The van der Waals surface area contributed by atoms with Crippen LogP contribution >= 0.6 is 15.9 Å². The lowest BCUT2D eigenvalue weighted by Gasteiger charge is -2.20. The fourth-order valence-electron chi connectivity index (χ4n) is 3.84. The smallest absolute Gasteiger partial charge is 0.182 e. The van der Waals surface area contributed by atoms with Crippen molar-refractivity contribution in [2.45, 2.75) is 45.6 Å². The number of rotatable bonds is 4. The van der Waals surface area contributed by atoms with Crippen molar-refractivity contribution in [3.63, 3.8) is 0 Å². The molecule has 1 aromatic rings. The lowest BCUT2D eigenvalue weighted by Crippen LogP contribution is -2.18. The van der Waals surface area contributed by atoms with Crippen molar-refractivity contribution >= 4 is 21.7 Å². The van der Waals surface area contributed by atoms with Crippen LogP contribution in [0.5, 0.6) is 0 Å². The Balaban J connectivity index is 1.73. The molecule has 2 saturated carbocycles. The van der Waals surface area contributed by atoms with E-state index in [1.165, 1.54) is 25.7 Å². The first-order valence-electron chi connectivity index (χ1n) is 6.93. The Labute approximate surface area is 116 Å². The summed E-state index contributed by atoms with van der Waals surface area (Å²) in [6.07, 6.45) is 7.83. The van der Waals surface area contributed by atoms with Crippen molar-refractivity contribution in [2.24, 2.45) is 17.8 Å². The highest BCUT2D eigenvalue weighted by molar-refractivity contribution is 9.10. The number of aromatic nitrogens is 2. The zero-order chi connectivity index (χ0) is 12.7. The standard InChI is InChI=1S/C14H19BrN2O/c1-2-17-14(12(15)8-16-17)13(18)7-11-6-9-3-4-10(11)5-9/h8-11H,2-7H2,1H3. The molecule has 1 heterocycles. The molecular weight excluding hydrogens is 292 g/mol. The highest BCUT2D eigenvalue weighted by Crippen LogP contribution is 2.49. The molecule has 98 valence electrons. The van der Waals surface area contributed by atoms with Crippen LogP contribution in [0.3, 0.4) is 0 Å². The Bertz CT molecular complexity index is 468. The first kappa shape index (κ1) is 12.4. The topological polar surface area (TPSA) is 34.9 Å². The van der Waals surface area contributed by atoms with Gasteiger partial charge in [0.1, 0.15) is 5.69 Å². The van der Waals surface area contributed by atoms with Gasteiger partial charge in [-0.3, -0.25) is 9.48 Å². The summed E-state index contributed by atoms with van der Waals surface area (Å²) < 4.78 is 2.65.